The lowest BCUT2D eigenvalue weighted by molar-refractivity contribution is -0.155. The lowest BCUT2D eigenvalue weighted by Gasteiger charge is -2.32. The summed E-state index contributed by atoms with van der Waals surface area (Å²) >= 11 is 0. The van der Waals surface area contributed by atoms with Crippen LogP contribution in [0.15, 0.2) is 30.3 Å². The van der Waals surface area contributed by atoms with E-state index in [2.05, 4.69) is 5.32 Å². The van der Waals surface area contributed by atoms with E-state index in [1.807, 2.05) is 30.3 Å². The number of hydrogen-bond donors (Lipinski definition) is 1. The maximum atomic E-state index is 12.6. The van der Waals surface area contributed by atoms with Crippen LogP contribution in [0.3, 0.4) is 0 Å². The Kier molecular flexibility index (Phi) is 5.68. The fraction of sp³-hybridized carbons (Fsp3) is 0.526. The molecule has 0 spiro atoms. The number of carbonyl (C=O) groups is 3. The molecule has 1 N–H and O–H groups in total. The van der Waals surface area contributed by atoms with Crippen molar-refractivity contribution < 1.29 is 19.1 Å². The third-order valence-electron chi connectivity index (χ3n) is 4.72. The van der Waals surface area contributed by atoms with Crippen LogP contribution in [0.4, 0.5) is 0 Å². The minimum absolute atomic E-state index is 0.0158. The quantitative estimate of drug-likeness (QED) is 0.826. The van der Waals surface area contributed by atoms with Crippen LogP contribution in [0.2, 0.25) is 0 Å². The number of benzene rings is 1. The van der Waals surface area contributed by atoms with Crippen molar-refractivity contribution in [1.29, 1.82) is 0 Å². The van der Waals surface area contributed by atoms with E-state index in [4.69, 9.17) is 4.74 Å². The van der Waals surface area contributed by atoms with E-state index in [-0.39, 0.29) is 30.9 Å². The van der Waals surface area contributed by atoms with Gasteiger partial charge in [0.2, 0.25) is 11.8 Å². The number of piperazine rings is 1. The smallest absolute Gasteiger partial charge is 0.308 e. The Hall–Kier alpha value is -2.37. The molecule has 3 rings (SSSR count). The van der Waals surface area contributed by atoms with E-state index >= 15 is 0 Å². The summed E-state index contributed by atoms with van der Waals surface area (Å²) < 4.78 is 5.47. The van der Waals surface area contributed by atoms with Crippen molar-refractivity contribution in [3.8, 4) is 0 Å². The van der Waals surface area contributed by atoms with Crippen molar-refractivity contribution in [2.24, 2.45) is 0 Å². The highest BCUT2D eigenvalue weighted by molar-refractivity contribution is 5.96. The fourth-order valence-corrected chi connectivity index (χ4v) is 3.43. The summed E-state index contributed by atoms with van der Waals surface area (Å²) in [5.41, 5.74) is 0.953. The van der Waals surface area contributed by atoms with Crippen LogP contribution < -0.4 is 5.32 Å². The number of ether oxygens (including phenoxy) is 1. The second-order valence-electron chi connectivity index (χ2n) is 6.75. The highest BCUT2D eigenvalue weighted by atomic mass is 16.5. The molecule has 1 aliphatic heterocycles. The zero-order valence-electron chi connectivity index (χ0n) is 14.3. The topological polar surface area (TPSA) is 75.7 Å². The second kappa shape index (κ2) is 8.14. The molecule has 1 aliphatic carbocycles. The Morgan fingerprint density at radius 3 is 2.56 bits per heavy atom. The maximum Gasteiger partial charge on any atom is 0.308 e. The molecule has 0 unspecified atom stereocenters. The molecule has 2 fully saturated rings. The van der Waals surface area contributed by atoms with E-state index in [1.54, 1.807) is 0 Å². The van der Waals surface area contributed by atoms with Gasteiger partial charge in [-0.2, -0.15) is 0 Å². The largest absolute Gasteiger partial charge is 0.462 e. The lowest BCUT2D eigenvalue weighted by atomic mass is 9.98. The Morgan fingerprint density at radius 2 is 1.84 bits per heavy atom. The average molecular weight is 344 g/mol. The molecule has 2 amide bonds. The predicted octanol–water partition coefficient (Wildman–Crippen LogP) is 1.78. The fourth-order valence-electron chi connectivity index (χ4n) is 3.43. The summed E-state index contributed by atoms with van der Waals surface area (Å²) in [5.74, 6) is -0.887. The van der Waals surface area contributed by atoms with Crippen LogP contribution in [0.1, 0.15) is 44.1 Å². The molecular formula is C19H24N2O4. The number of amides is 2. The van der Waals surface area contributed by atoms with Crippen molar-refractivity contribution in [3.05, 3.63) is 35.9 Å². The minimum Gasteiger partial charge on any atom is -0.462 e. The molecule has 2 aliphatic rings. The van der Waals surface area contributed by atoms with Gasteiger partial charge in [-0.1, -0.05) is 36.8 Å². The molecule has 1 aromatic rings. The Labute approximate surface area is 147 Å². The van der Waals surface area contributed by atoms with Crippen LogP contribution in [0.25, 0.3) is 0 Å². The average Bonchev–Trinajstić information content (AvgIpc) is 2.60. The van der Waals surface area contributed by atoms with Crippen LogP contribution in [0, 0.1) is 0 Å². The Morgan fingerprint density at radius 1 is 1.12 bits per heavy atom. The molecule has 1 atom stereocenters. The third-order valence-corrected chi connectivity index (χ3v) is 4.72. The van der Waals surface area contributed by atoms with Gasteiger partial charge in [-0.15, -0.1) is 0 Å². The number of esters is 1. The van der Waals surface area contributed by atoms with Gasteiger partial charge in [0.1, 0.15) is 12.1 Å². The van der Waals surface area contributed by atoms with Crippen molar-refractivity contribution in [1.82, 2.24) is 10.2 Å². The normalized spacial score (nSPS) is 21.8. The molecule has 25 heavy (non-hydrogen) atoms. The van der Waals surface area contributed by atoms with Gasteiger partial charge in [0.15, 0.2) is 0 Å². The Balaban J connectivity index is 1.57. The molecule has 134 valence electrons. The summed E-state index contributed by atoms with van der Waals surface area (Å²) in [5, 5.41) is 2.62. The molecule has 6 nitrogen and oxygen atoms in total. The van der Waals surface area contributed by atoms with Crippen molar-refractivity contribution in [2.45, 2.75) is 57.2 Å². The molecular weight excluding hydrogens is 320 g/mol. The predicted molar refractivity (Wildman–Crippen MR) is 91.4 cm³/mol. The van der Waals surface area contributed by atoms with Crippen molar-refractivity contribution in [2.75, 3.05) is 6.54 Å². The number of nitrogens with one attached hydrogen (secondary N) is 1. The first-order valence-corrected chi connectivity index (χ1v) is 8.93. The standard InChI is InChI=1S/C19H24N2O4/c22-17-13-21(12-14-7-3-1-4-8-14)19(24)16(20-17)11-18(23)25-15-9-5-2-6-10-15/h1,3-4,7-8,15-16H,2,5-6,9-13H2,(H,20,22)/t16-/m0/s1. The summed E-state index contributed by atoms with van der Waals surface area (Å²) in [7, 11) is 0. The van der Waals surface area contributed by atoms with E-state index in [0.717, 1.165) is 31.2 Å². The molecule has 0 aromatic heterocycles. The van der Waals surface area contributed by atoms with E-state index in [1.165, 1.54) is 11.3 Å². The molecule has 1 saturated carbocycles. The summed E-state index contributed by atoms with van der Waals surface area (Å²) in [6.45, 7) is 0.378. The Bertz CT molecular complexity index is 626. The van der Waals surface area contributed by atoms with Gasteiger partial charge < -0.3 is 15.0 Å². The highest BCUT2D eigenvalue weighted by Crippen LogP contribution is 2.21. The molecule has 6 heteroatoms. The van der Waals surface area contributed by atoms with Crippen molar-refractivity contribution >= 4 is 17.8 Å². The van der Waals surface area contributed by atoms with Gasteiger partial charge in [-0.25, -0.2) is 0 Å². The molecule has 0 radical (unpaired) electrons. The summed E-state index contributed by atoms with van der Waals surface area (Å²) in [6.07, 6.45) is 4.94. The van der Waals surface area contributed by atoms with Gasteiger partial charge in [0.05, 0.1) is 13.0 Å². The zero-order chi connectivity index (χ0) is 17.6. The van der Waals surface area contributed by atoms with E-state index < -0.39 is 12.0 Å². The summed E-state index contributed by atoms with van der Waals surface area (Å²) in [6, 6.07) is 8.67. The van der Waals surface area contributed by atoms with Crippen LogP contribution >= 0.6 is 0 Å². The molecule has 1 saturated heterocycles. The van der Waals surface area contributed by atoms with Crippen LogP contribution in [0.5, 0.6) is 0 Å². The van der Waals surface area contributed by atoms with Crippen molar-refractivity contribution in [3.63, 3.8) is 0 Å². The third kappa shape index (κ3) is 4.81. The van der Waals surface area contributed by atoms with Crippen LogP contribution in [-0.4, -0.2) is 41.4 Å². The summed E-state index contributed by atoms with van der Waals surface area (Å²) in [4.78, 5) is 38.2. The molecule has 1 heterocycles. The zero-order valence-corrected chi connectivity index (χ0v) is 14.3. The van der Waals surface area contributed by atoms with E-state index in [0.29, 0.717) is 6.54 Å². The first-order valence-electron chi connectivity index (χ1n) is 8.93. The lowest BCUT2D eigenvalue weighted by Crippen LogP contribution is -2.58. The monoisotopic (exact) mass is 344 g/mol. The number of nitrogens with zero attached hydrogens (tertiary/aromatic N) is 1. The SMILES string of the molecule is O=C1CN(Cc2ccccc2)C(=O)[C@H](CC(=O)OC2CCCCC2)N1. The van der Waals surface area contributed by atoms with Crippen LogP contribution in [-0.2, 0) is 25.7 Å². The number of rotatable bonds is 5. The minimum atomic E-state index is -0.832. The maximum absolute atomic E-state index is 12.6. The first-order chi connectivity index (χ1) is 12.1. The highest BCUT2D eigenvalue weighted by Gasteiger charge is 2.35. The van der Waals surface area contributed by atoms with Gasteiger partial charge >= 0.3 is 5.97 Å². The van der Waals surface area contributed by atoms with Gasteiger partial charge in [-0.3, -0.25) is 14.4 Å². The molecule has 0 bridgehead atoms. The number of hydrogen-bond acceptors (Lipinski definition) is 4. The van der Waals surface area contributed by atoms with Gasteiger partial charge in [0, 0.05) is 6.54 Å². The van der Waals surface area contributed by atoms with Gasteiger partial charge in [-0.05, 0) is 31.2 Å². The molecule has 1 aromatic carbocycles. The van der Waals surface area contributed by atoms with Gasteiger partial charge in [0.25, 0.3) is 0 Å². The van der Waals surface area contributed by atoms with E-state index in [9.17, 15) is 14.4 Å². The first kappa shape index (κ1) is 17.5. The number of carbonyl (C=O) groups excluding carboxylic acids is 3. The second-order valence-corrected chi connectivity index (χ2v) is 6.75.